The van der Waals surface area contributed by atoms with Gasteiger partial charge in [-0.15, -0.1) is 0 Å². The Bertz CT molecular complexity index is 1430. The van der Waals surface area contributed by atoms with Gasteiger partial charge in [0.1, 0.15) is 0 Å². The summed E-state index contributed by atoms with van der Waals surface area (Å²) in [4.78, 5) is 0. The summed E-state index contributed by atoms with van der Waals surface area (Å²) in [6, 6.07) is 38.5. The van der Waals surface area contributed by atoms with Crippen LogP contribution in [-0.4, -0.2) is 8.80 Å². The molecule has 0 amide bonds. The van der Waals surface area contributed by atoms with E-state index in [-0.39, 0.29) is 7.92 Å². The average molecular weight is 489 g/mol. The molecule has 0 aliphatic carbocycles. The van der Waals surface area contributed by atoms with Gasteiger partial charge in [0.05, 0.1) is 8.80 Å². The minimum atomic E-state index is -0.940. The van der Waals surface area contributed by atoms with Crippen molar-refractivity contribution in [3.63, 3.8) is 0 Å². The largest absolute Gasteiger partial charge is 0.0686 e. The molecule has 1 aliphatic rings. The van der Waals surface area contributed by atoms with Crippen LogP contribution in [0.3, 0.4) is 0 Å². The molecule has 0 bridgehead atoms. The quantitative estimate of drug-likeness (QED) is 0.172. The first kappa shape index (κ1) is 22.7. The molecule has 0 radical (unpaired) electrons. The smallest absolute Gasteiger partial charge is 0.0680 e. The fraction of sp³-hybridized carbons (Fsp3) is 0.212. The molecular weight excluding hydrogens is 455 g/mol. The van der Waals surface area contributed by atoms with Gasteiger partial charge < -0.3 is 0 Å². The van der Waals surface area contributed by atoms with E-state index in [1.54, 1.807) is 10.5 Å². The van der Waals surface area contributed by atoms with Gasteiger partial charge in [-0.2, -0.15) is 0 Å². The second kappa shape index (κ2) is 9.73. The molecule has 0 saturated heterocycles. The highest BCUT2D eigenvalue weighted by Gasteiger charge is 2.27. The lowest BCUT2D eigenvalue weighted by atomic mass is 9.88. The van der Waals surface area contributed by atoms with Crippen molar-refractivity contribution in [2.24, 2.45) is 0 Å². The molecule has 1 atom stereocenters. The van der Waals surface area contributed by atoms with Crippen molar-refractivity contribution in [2.75, 3.05) is 0 Å². The topological polar surface area (TPSA) is 0 Å². The monoisotopic (exact) mass is 488 g/mol. The number of rotatable bonds is 5. The summed E-state index contributed by atoms with van der Waals surface area (Å²) >= 11 is 0. The zero-order valence-corrected chi connectivity index (χ0v) is 22.8. The fourth-order valence-electron chi connectivity index (χ4n) is 5.98. The Morgan fingerprint density at radius 1 is 0.657 bits per heavy atom. The van der Waals surface area contributed by atoms with Gasteiger partial charge in [0.15, 0.2) is 0 Å². The Hall–Kier alpha value is -2.73. The summed E-state index contributed by atoms with van der Waals surface area (Å²) in [5.74, 6) is 0. The molecule has 0 saturated carbocycles. The number of unbranched alkanes of at least 4 members (excludes halogenated alkanes) is 1. The normalized spacial score (nSPS) is 14.5. The summed E-state index contributed by atoms with van der Waals surface area (Å²) in [5, 5.41) is 8.89. The van der Waals surface area contributed by atoms with Crippen LogP contribution in [0.5, 0.6) is 0 Å². The van der Waals surface area contributed by atoms with Crippen molar-refractivity contribution in [2.45, 2.75) is 44.7 Å². The molecule has 174 valence electrons. The average Bonchev–Trinajstić information content (AvgIpc) is 3.09. The van der Waals surface area contributed by atoms with Crippen LogP contribution in [0.15, 0.2) is 97.1 Å². The van der Waals surface area contributed by atoms with E-state index in [0.29, 0.717) is 0 Å². The second-order valence-electron chi connectivity index (χ2n) is 10.1. The van der Waals surface area contributed by atoms with Crippen LogP contribution in [0.4, 0.5) is 0 Å². The highest BCUT2D eigenvalue weighted by atomic mass is 31.1. The predicted molar refractivity (Wildman–Crippen MR) is 160 cm³/mol. The number of fused-ring (bicyclic) bond motifs is 7. The first-order chi connectivity index (χ1) is 17.2. The number of hydrogen-bond acceptors (Lipinski definition) is 0. The molecule has 0 unspecified atom stereocenters. The maximum absolute atomic E-state index is 2.57. The Kier molecular flexibility index (Phi) is 6.31. The summed E-state index contributed by atoms with van der Waals surface area (Å²) in [6.45, 7) is 4.90. The van der Waals surface area contributed by atoms with Gasteiger partial charge in [-0.05, 0) is 61.4 Å². The summed E-state index contributed by atoms with van der Waals surface area (Å²) in [7, 11) is -1.25. The van der Waals surface area contributed by atoms with E-state index in [1.807, 2.05) is 0 Å². The van der Waals surface area contributed by atoms with Gasteiger partial charge in [-0.25, -0.2) is 0 Å². The number of hydrogen-bond donors (Lipinski definition) is 0. The highest BCUT2D eigenvalue weighted by Crippen LogP contribution is 2.52. The van der Waals surface area contributed by atoms with Crippen molar-refractivity contribution in [1.82, 2.24) is 0 Å². The van der Waals surface area contributed by atoms with Crippen LogP contribution in [0.2, 0.25) is 12.6 Å². The summed E-state index contributed by atoms with van der Waals surface area (Å²) in [6.07, 6.45) is 5.01. The minimum Gasteiger partial charge on any atom is -0.0680 e. The van der Waals surface area contributed by atoms with E-state index in [9.17, 15) is 0 Å². The first-order valence-corrected chi connectivity index (χ1v) is 17.4. The van der Waals surface area contributed by atoms with Crippen LogP contribution in [-0.2, 0) is 12.3 Å². The standard InChI is InChI=1S/C33H33PSi/c1-3-4-21-35(2)31-16-10-9-15-30(31)34-22-26-19-17-24-11-5-7-13-28(24)32(26)33-27(23-34)20-18-25-12-6-8-14-29(25)33/h5-20,35H,3-4,21-23H2,1-2H3/t35-/m1/s1. The molecule has 0 spiro atoms. The van der Waals surface area contributed by atoms with Crippen LogP contribution in [0, 0.1) is 0 Å². The van der Waals surface area contributed by atoms with Crippen LogP contribution < -0.4 is 10.5 Å². The SMILES string of the molecule is CCCC[Si@@H](C)c1ccccc1P1Cc2ccc3ccccc3c2-c2c(ccc3ccccc23)C1. The van der Waals surface area contributed by atoms with Gasteiger partial charge in [0.2, 0.25) is 0 Å². The molecule has 1 heterocycles. The van der Waals surface area contributed by atoms with Crippen LogP contribution in [0.1, 0.15) is 30.9 Å². The molecular formula is C33H33PSi. The van der Waals surface area contributed by atoms with Crippen LogP contribution >= 0.6 is 7.92 Å². The van der Waals surface area contributed by atoms with E-state index in [0.717, 1.165) is 0 Å². The predicted octanol–water partition coefficient (Wildman–Crippen LogP) is 8.35. The van der Waals surface area contributed by atoms with E-state index >= 15 is 0 Å². The van der Waals surface area contributed by atoms with E-state index in [4.69, 9.17) is 0 Å². The van der Waals surface area contributed by atoms with E-state index in [1.165, 1.54) is 75.0 Å². The second-order valence-corrected chi connectivity index (χ2v) is 15.3. The lowest BCUT2D eigenvalue weighted by Gasteiger charge is -2.23. The minimum absolute atomic E-state index is 0.311. The van der Waals surface area contributed by atoms with Crippen LogP contribution in [0.25, 0.3) is 32.7 Å². The van der Waals surface area contributed by atoms with Gasteiger partial charge in [0, 0.05) is 0 Å². The van der Waals surface area contributed by atoms with Crippen molar-refractivity contribution in [1.29, 1.82) is 0 Å². The third-order valence-electron chi connectivity index (χ3n) is 7.80. The van der Waals surface area contributed by atoms with Gasteiger partial charge in [-0.1, -0.05) is 143 Å². The van der Waals surface area contributed by atoms with Crippen molar-refractivity contribution in [3.8, 4) is 11.1 Å². The van der Waals surface area contributed by atoms with Gasteiger partial charge >= 0.3 is 0 Å². The molecule has 35 heavy (non-hydrogen) atoms. The van der Waals surface area contributed by atoms with Crippen molar-refractivity contribution < 1.29 is 0 Å². The zero-order chi connectivity index (χ0) is 23.8. The Morgan fingerprint density at radius 2 is 1.20 bits per heavy atom. The summed E-state index contributed by atoms with van der Waals surface area (Å²) in [5.41, 5.74) is 6.02. The molecule has 0 aromatic heterocycles. The molecule has 0 nitrogen and oxygen atoms in total. The Balaban J connectivity index is 1.58. The summed E-state index contributed by atoms with van der Waals surface area (Å²) < 4.78 is 0. The zero-order valence-electron chi connectivity index (χ0n) is 20.8. The van der Waals surface area contributed by atoms with Crippen molar-refractivity contribution in [3.05, 3.63) is 108 Å². The molecule has 5 aromatic rings. The van der Waals surface area contributed by atoms with E-state index < -0.39 is 8.80 Å². The lowest BCUT2D eigenvalue weighted by molar-refractivity contribution is 0.877. The van der Waals surface area contributed by atoms with E-state index in [2.05, 4.69) is 111 Å². The Morgan fingerprint density at radius 3 is 1.80 bits per heavy atom. The van der Waals surface area contributed by atoms with Crippen molar-refractivity contribution >= 4 is 48.8 Å². The lowest BCUT2D eigenvalue weighted by Crippen LogP contribution is -2.37. The third-order valence-corrected chi connectivity index (χ3v) is 13.4. The van der Waals surface area contributed by atoms with Gasteiger partial charge in [-0.3, -0.25) is 0 Å². The molecule has 1 aliphatic heterocycles. The molecule has 2 heteroatoms. The highest BCUT2D eigenvalue weighted by molar-refractivity contribution is 7.64. The molecule has 0 fully saturated rings. The van der Waals surface area contributed by atoms with Gasteiger partial charge in [0.25, 0.3) is 0 Å². The number of benzene rings is 5. The molecule has 5 aromatic carbocycles. The fourth-order valence-corrected chi connectivity index (χ4v) is 12.1. The maximum Gasteiger partial charge on any atom is 0.0686 e. The first-order valence-electron chi connectivity index (χ1n) is 13.1. The maximum atomic E-state index is 2.57. The molecule has 0 N–H and O–H groups in total. The third kappa shape index (κ3) is 4.16. The molecule has 6 rings (SSSR count). The Labute approximate surface area is 212 Å².